The quantitative estimate of drug-likeness (QED) is 0.472. The molecule has 0 saturated heterocycles. The maximum atomic E-state index is 10.4. The van der Waals surface area contributed by atoms with Gasteiger partial charge < -0.3 is 0 Å². The zero-order valence-electron chi connectivity index (χ0n) is 5.09. The molecule has 9 heavy (non-hydrogen) atoms. The Balaban J connectivity index is 3.19. The minimum atomic E-state index is -0.265. The molecule has 0 radical (unpaired) electrons. The van der Waals surface area contributed by atoms with Gasteiger partial charge in [0.05, 0.1) is 0 Å². The molecule has 0 fully saturated rings. The average Bonchev–Trinajstić information content (AvgIpc) is 1.85. The Morgan fingerprint density at radius 3 is 3.00 bits per heavy atom. The number of hydrogen-bond donors (Lipinski definition) is 0. The van der Waals surface area contributed by atoms with Crippen molar-refractivity contribution in [3.8, 4) is 4.97 Å². The van der Waals surface area contributed by atoms with E-state index in [9.17, 15) is 4.79 Å². The third kappa shape index (κ3) is 5.35. The van der Waals surface area contributed by atoms with Crippen molar-refractivity contribution in [2.24, 2.45) is 0 Å². The third-order valence-corrected chi connectivity index (χ3v) is 1.63. The van der Waals surface area contributed by atoms with Gasteiger partial charge in [-0.05, 0) is 0 Å². The number of hydrogen-bond acceptors (Lipinski definition) is 3. The summed E-state index contributed by atoms with van der Waals surface area (Å²) >= 11 is -0.230. The van der Waals surface area contributed by atoms with Gasteiger partial charge in [0, 0.05) is 0 Å². The van der Waals surface area contributed by atoms with Crippen molar-refractivity contribution >= 4 is 20.9 Å². The van der Waals surface area contributed by atoms with E-state index < -0.39 is 0 Å². The van der Waals surface area contributed by atoms with Crippen LogP contribution in [-0.2, 0) is 9.53 Å². The Morgan fingerprint density at radius 2 is 2.56 bits per heavy atom. The summed E-state index contributed by atoms with van der Waals surface area (Å²) in [4.78, 5) is 12.4. The van der Waals surface area contributed by atoms with Crippen molar-refractivity contribution in [3.05, 3.63) is 0 Å². The molecule has 4 heteroatoms. The predicted octanol–water partition coefficient (Wildman–Crippen LogP) is 0.153. The molecule has 0 atom stereocenters. The standard InChI is InChI=1S/C5H7NO2Se/c1-2-8-5(7)3-9-4-6/h2-3H2,1H3. The van der Waals surface area contributed by atoms with Crippen molar-refractivity contribution in [1.29, 1.82) is 5.26 Å². The van der Waals surface area contributed by atoms with Gasteiger partial charge in [0.15, 0.2) is 0 Å². The first-order valence-electron chi connectivity index (χ1n) is 2.47. The third-order valence-electron chi connectivity index (χ3n) is 0.560. The van der Waals surface area contributed by atoms with Gasteiger partial charge in [-0.3, -0.25) is 0 Å². The second-order valence-corrected chi connectivity index (χ2v) is 2.78. The Hall–Kier alpha value is -0.521. The van der Waals surface area contributed by atoms with Crippen LogP contribution in [0.2, 0.25) is 5.32 Å². The van der Waals surface area contributed by atoms with Gasteiger partial charge in [-0.15, -0.1) is 0 Å². The first-order chi connectivity index (χ1) is 4.31. The van der Waals surface area contributed by atoms with Crippen LogP contribution in [0, 0.1) is 10.2 Å². The molecule has 0 aliphatic carbocycles. The van der Waals surface area contributed by atoms with Gasteiger partial charge in [0.2, 0.25) is 0 Å². The number of carbonyl (C=O) groups excluding carboxylic acids is 1. The molecule has 0 spiro atoms. The number of rotatable bonds is 3. The van der Waals surface area contributed by atoms with Crippen LogP contribution in [0.5, 0.6) is 0 Å². The Labute approximate surface area is 60.1 Å². The molecule has 50 valence electrons. The van der Waals surface area contributed by atoms with Crippen molar-refractivity contribution in [2.45, 2.75) is 12.2 Å². The molecule has 0 rings (SSSR count). The number of nitriles is 1. The van der Waals surface area contributed by atoms with E-state index in [1.807, 2.05) is 4.97 Å². The molecular formula is C5H7NO2Se. The summed E-state index contributed by atoms with van der Waals surface area (Å²) in [5.41, 5.74) is 0. The fourth-order valence-electron chi connectivity index (χ4n) is 0.294. The zero-order valence-corrected chi connectivity index (χ0v) is 6.80. The average molecular weight is 192 g/mol. The van der Waals surface area contributed by atoms with E-state index >= 15 is 0 Å². The fraction of sp³-hybridized carbons (Fsp3) is 0.600. The zero-order chi connectivity index (χ0) is 7.11. The molecule has 0 aromatic heterocycles. The summed E-state index contributed by atoms with van der Waals surface area (Å²) in [5, 5.41) is 8.33. The first kappa shape index (κ1) is 8.48. The molecule has 0 aliphatic heterocycles. The van der Waals surface area contributed by atoms with Crippen molar-refractivity contribution in [3.63, 3.8) is 0 Å². The van der Waals surface area contributed by atoms with E-state index in [1.54, 1.807) is 6.92 Å². The van der Waals surface area contributed by atoms with Gasteiger partial charge in [0.1, 0.15) is 0 Å². The van der Waals surface area contributed by atoms with Crippen LogP contribution in [-0.4, -0.2) is 27.5 Å². The maximum absolute atomic E-state index is 10.4. The molecule has 0 aromatic carbocycles. The number of esters is 1. The molecule has 0 amide bonds. The number of ether oxygens (including phenoxy) is 1. The van der Waals surface area contributed by atoms with Crippen molar-refractivity contribution < 1.29 is 9.53 Å². The van der Waals surface area contributed by atoms with Crippen molar-refractivity contribution in [2.75, 3.05) is 6.61 Å². The Morgan fingerprint density at radius 1 is 1.89 bits per heavy atom. The minimum absolute atomic E-state index is 0.230. The van der Waals surface area contributed by atoms with E-state index in [4.69, 9.17) is 5.26 Å². The summed E-state index contributed by atoms with van der Waals surface area (Å²) in [6, 6.07) is 0. The van der Waals surface area contributed by atoms with Gasteiger partial charge >= 0.3 is 59.5 Å². The van der Waals surface area contributed by atoms with Gasteiger partial charge in [-0.25, -0.2) is 0 Å². The van der Waals surface area contributed by atoms with Gasteiger partial charge in [-0.2, -0.15) is 0 Å². The molecule has 0 unspecified atom stereocenters. The van der Waals surface area contributed by atoms with Crippen LogP contribution >= 0.6 is 0 Å². The fourth-order valence-corrected chi connectivity index (χ4v) is 0.851. The van der Waals surface area contributed by atoms with Crippen molar-refractivity contribution in [1.82, 2.24) is 0 Å². The predicted molar refractivity (Wildman–Crippen MR) is 32.8 cm³/mol. The SMILES string of the molecule is CCOC(=O)C[Se]C#N. The van der Waals surface area contributed by atoms with Crippen LogP contribution in [0.4, 0.5) is 0 Å². The van der Waals surface area contributed by atoms with E-state index in [0.29, 0.717) is 6.61 Å². The molecule has 0 bridgehead atoms. The number of nitrogens with zero attached hydrogens (tertiary/aromatic N) is 1. The first-order valence-corrected chi connectivity index (χ1v) is 4.54. The summed E-state index contributed by atoms with van der Waals surface area (Å²) < 4.78 is 4.57. The molecule has 0 aliphatic rings. The Kier molecular flexibility index (Phi) is 5.29. The molecule has 0 aromatic rings. The molecule has 0 saturated carbocycles. The molecule has 0 N–H and O–H groups in total. The van der Waals surface area contributed by atoms with E-state index in [0.717, 1.165) is 0 Å². The molecule has 0 heterocycles. The van der Waals surface area contributed by atoms with Crippen LogP contribution in [0.15, 0.2) is 0 Å². The normalized spacial score (nSPS) is 8.00. The van der Waals surface area contributed by atoms with Crippen LogP contribution < -0.4 is 0 Å². The molecule has 3 nitrogen and oxygen atoms in total. The van der Waals surface area contributed by atoms with E-state index in [-0.39, 0.29) is 26.2 Å². The van der Waals surface area contributed by atoms with Gasteiger partial charge in [0.25, 0.3) is 0 Å². The van der Waals surface area contributed by atoms with Crippen LogP contribution in [0.1, 0.15) is 6.92 Å². The van der Waals surface area contributed by atoms with E-state index in [2.05, 4.69) is 4.74 Å². The Bertz CT molecular complexity index is 129. The summed E-state index contributed by atoms with van der Waals surface area (Å²) in [6.07, 6.45) is 0. The van der Waals surface area contributed by atoms with Gasteiger partial charge in [-0.1, -0.05) is 0 Å². The topological polar surface area (TPSA) is 50.1 Å². The number of carbonyl (C=O) groups is 1. The van der Waals surface area contributed by atoms with Crippen LogP contribution in [0.25, 0.3) is 0 Å². The second-order valence-electron chi connectivity index (χ2n) is 1.18. The summed E-state index contributed by atoms with van der Waals surface area (Å²) in [7, 11) is 0. The van der Waals surface area contributed by atoms with E-state index in [1.165, 1.54) is 0 Å². The summed E-state index contributed by atoms with van der Waals surface area (Å²) in [6.45, 7) is 2.15. The molecular weight excluding hydrogens is 185 g/mol. The monoisotopic (exact) mass is 193 g/mol. The van der Waals surface area contributed by atoms with Crippen LogP contribution in [0.3, 0.4) is 0 Å². The summed E-state index contributed by atoms with van der Waals surface area (Å²) in [5.74, 6) is -0.265. The second kappa shape index (κ2) is 5.61.